The quantitative estimate of drug-likeness (QED) is 0.837. The highest BCUT2D eigenvalue weighted by atomic mass is 16.5. The van der Waals surface area contributed by atoms with Crippen molar-refractivity contribution in [3.8, 4) is 0 Å². The van der Waals surface area contributed by atoms with Crippen LogP contribution in [0.25, 0.3) is 0 Å². The van der Waals surface area contributed by atoms with Gasteiger partial charge in [0.1, 0.15) is 6.04 Å². The minimum absolute atomic E-state index is 0.313. The van der Waals surface area contributed by atoms with Gasteiger partial charge >= 0.3 is 12.0 Å². The molecule has 0 fully saturated rings. The lowest BCUT2D eigenvalue weighted by molar-refractivity contribution is -0.138. The van der Waals surface area contributed by atoms with Crippen LogP contribution in [0.2, 0.25) is 0 Å². The molecule has 2 amide bonds. The van der Waals surface area contributed by atoms with Crippen LogP contribution in [-0.4, -0.2) is 54.9 Å². The summed E-state index contributed by atoms with van der Waals surface area (Å²) >= 11 is 0. The number of urea groups is 1. The van der Waals surface area contributed by atoms with E-state index in [1.54, 1.807) is 13.1 Å². The van der Waals surface area contributed by atoms with Crippen molar-refractivity contribution in [2.24, 2.45) is 0 Å². The number of anilines is 1. The highest BCUT2D eigenvalue weighted by Gasteiger charge is 2.39. The summed E-state index contributed by atoms with van der Waals surface area (Å²) in [5.74, 6) is -0.988. The predicted molar refractivity (Wildman–Crippen MR) is 78.6 cm³/mol. The maximum absolute atomic E-state index is 12.6. The molecule has 1 atom stereocenters. The van der Waals surface area contributed by atoms with Crippen LogP contribution >= 0.6 is 0 Å². The zero-order chi connectivity index (χ0) is 15.4. The molecule has 6 heteroatoms. The summed E-state index contributed by atoms with van der Waals surface area (Å²) < 4.78 is 5.23. The number of benzene rings is 1. The highest BCUT2D eigenvalue weighted by Crippen LogP contribution is 2.32. The monoisotopic (exact) mass is 292 g/mol. The number of aliphatic carboxylic acids is 1. The Morgan fingerprint density at radius 3 is 2.81 bits per heavy atom. The van der Waals surface area contributed by atoms with E-state index in [0.717, 1.165) is 5.56 Å². The Kier molecular flexibility index (Phi) is 4.80. The third-order valence-corrected chi connectivity index (χ3v) is 3.57. The van der Waals surface area contributed by atoms with Gasteiger partial charge in [0.05, 0.1) is 6.61 Å². The first-order valence-electron chi connectivity index (χ1n) is 6.99. The standard InChI is InChI=1S/C15H20N2O4/c1-3-21-9-8-16(2)15(20)17-12-7-5-4-6-11(12)10-13(17)14(18)19/h4-7,13H,3,8-10H2,1-2H3,(H,18,19). The summed E-state index contributed by atoms with van der Waals surface area (Å²) in [6.07, 6.45) is 0.344. The Labute approximate surface area is 123 Å². The number of para-hydroxylation sites is 1. The van der Waals surface area contributed by atoms with Crippen LogP contribution in [0.1, 0.15) is 12.5 Å². The van der Waals surface area contributed by atoms with Gasteiger partial charge in [0.15, 0.2) is 0 Å². The van der Waals surface area contributed by atoms with Crippen molar-refractivity contribution in [3.05, 3.63) is 29.8 Å². The molecule has 0 radical (unpaired) electrons. The largest absolute Gasteiger partial charge is 0.480 e. The Morgan fingerprint density at radius 1 is 1.43 bits per heavy atom. The van der Waals surface area contributed by atoms with E-state index < -0.39 is 12.0 Å². The van der Waals surface area contributed by atoms with Crippen LogP contribution in [0.15, 0.2) is 24.3 Å². The summed E-state index contributed by atoms with van der Waals surface area (Å²) in [7, 11) is 1.65. The number of carbonyl (C=O) groups is 2. The van der Waals surface area contributed by atoms with E-state index >= 15 is 0 Å². The summed E-state index contributed by atoms with van der Waals surface area (Å²) in [5, 5.41) is 9.36. The Bertz CT molecular complexity index is 532. The van der Waals surface area contributed by atoms with Crippen LogP contribution < -0.4 is 4.90 Å². The van der Waals surface area contributed by atoms with Gasteiger partial charge in [-0.2, -0.15) is 0 Å². The van der Waals surface area contributed by atoms with Crippen LogP contribution in [0.3, 0.4) is 0 Å². The SMILES string of the molecule is CCOCCN(C)C(=O)N1c2ccccc2CC1C(=O)O. The molecule has 21 heavy (non-hydrogen) atoms. The topological polar surface area (TPSA) is 70.1 Å². The fourth-order valence-electron chi connectivity index (χ4n) is 2.45. The van der Waals surface area contributed by atoms with Crippen LogP contribution in [-0.2, 0) is 16.0 Å². The third kappa shape index (κ3) is 3.16. The number of fused-ring (bicyclic) bond motifs is 1. The number of carboxylic acid groups (broad SMARTS) is 1. The van der Waals surface area contributed by atoms with Crippen molar-refractivity contribution in [1.82, 2.24) is 4.90 Å². The van der Waals surface area contributed by atoms with E-state index in [1.807, 2.05) is 25.1 Å². The van der Waals surface area contributed by atoms with Crippen LogP contribution in [0.4, 0.5) is 10.5 Å². The number of rotatable bonds is 5. The first-order chi connectivity index (χ1) is 10.1. The van der Waals surface area contributed by atoms with Crippen molar-refractivity contribution < 1.29 is 19.4 Å². The number of likely N-dealkylation sites (N-methyl/N-ethyl adjacent to an activating group) is 1. The molecule has 1 aromatic rings. The lowest BCUT2D eigenvalue weighted by atomic mass is 10.1. The first-order valence-corrected chi connectivity index (χ1v) is 6.99. The van der Waals surface area contributed by atoms with E-state index in [9.17, 15) is 14.7 Å². The predicted octanol–water partition coefficient (Wildman–Crippen LogP) is 1.59. The number of amides is 2. The first kappa shape index (κ1) is 15.3. The van der Waals surface area contributed by atoms with E-state index in [1.165, 1.54) is 9.80 Å². The van der Waals surface area contributed by atoms with E-state index in [0.29, 0.717) is 31.9 Å². The molecule has 2 rings (SSSR count). The molecular formula is C15H20N2O4. The molecule has 0 aliphatic carbocycles. The summed E-state index contributed by atoms with van der Waals surface area (Å²) in [4.78, 5) is 26.8. The second kappa shape index (κ2) is 6.58. The molecule has 1 aliphatic heterocycles. The van der Waals surface area contributed by atoms with Gasteiger partial charge in [-0.1, -0.05) is 18.2 Å². The maximum atomic E-state index is 12.6. The van der Waals surface area contributed by atoms with Crippen molar-refractivity contribution in [3.63, 3.8) is 0 Å². The zero-order valence-corrected chi connectivity index (χ0v) is 12.3. The van der Waals surface area contributed by atoms with Crippen LogP contribution in [0.5, 0.6) is 0 Å². The zero-order valence-electron chi connectivity index (χ0n) is 12.3. The molecule has 1 N–H and O–H groups in total. The Balaban J connectivity index is 2.18. The second-order valence-electron chi connectivity index (χ2n) is 4.96. The number of carbonyl (C=O) groups excluding carboxylic acids is 1. The smallest absolute Gasteiger partial charge is 0.327 e. The Morgan fingerprint density at radius 2 is 2.14 bits per heavy atom. The van der Waals surface area contributed by atoms with Crippen molar-refractivity contribution in [2.45, 2.75) is 19.4 Å². The molecular weight excluding hydrogens is 272 g/mol. The van der Waals surface area contributed by atoms with Crippen molar-refractivity contribution in [1.29, 1.82) is 0 Å². The molecule has 1 heterocycles. The fraction of sp³-hybridized carbons (Fsp3) is 0.467. The fourth-order valence-corrected chi connectivity index (χ4v) is 2.45. The van der Waals surface area contributed by atoms with Gasteiger partial charge < -0.3 is 14.7 Å². The minimum atomic E-state index is -0.988. The number of ether oxygens (including phenoxy) is 1. The maximum Gasteiger partial charge on any atom is 0.327 e. The molecule has 6 nitrogen and oxygen atoms in total. The summed E-state index contributed by atoms with van der Waals surface area (Å²) in [6, 6.07) is 6.15. The molecule has 1 unspecified atom stereocenters. The highest BCUT2D eigenvalue weighted by molar-refractivity contribution is 6.00. The van der Waals surface area contributed by atoms with Gasteiger partial charge in [-0.3, -0.25) is 4.90 Å². The molecule has 1 aromatic carbocycles. The number of nitrogens with zero attached hydrogens (tertiary/aromatic N) is 2. The van der Waals surface area contributed by atoms with E-state index in [2.05, 4.69) is 0 Å². The number of carboxylic acids is 1. The van der Waals surface area contributed by atoms with Gasteiger partial charge in [-0.15, -0.1) is 0 Å². The van der Waals surface area contributed by atoms with Crippen molar-refractivity contribution in [2.75, 3.05) is 31.7 Å². The average Bonchev–Trinajstić information content (AvgIpc) is 2.86. The molecule has 0 saturated heterocycles. The molecule has 1 aliphatic rings. The lowest BCUT2D eigenvalue weighted by Crippen LogP contribution is -2.49. The summed E-state index contributed by atoms with van der Waals surface area (Å²) in [6.45, 7) is 3.34. The lowest BCUT2D eigenvalue weighted by Gasteiger charge is -2.28. The van der Waals surface area contributed by atoms with Gasteiger partial charge in [-0.05, 0) is 18.6 Å². The van der Waals surface area contributed by atoms with Crippen LogP contribution in [0, 0.1) is 0 Å². The van der Waals surface area contributed by atoms with Gasteiger partial charge in [0, 0.05) is 32.3 Å². The molecule has 0 bridgehead atoms. The van der Waals surface area contributed by atoms with Crippen molar-refractivity contribution >= 4 is 17.7 Å². The number of hydrogen-bond acceptors (Lipinski definition) is 3. The third-order valence-electron chi connectivity index (χ3n) is 3.57. The Hall–Kier alpha value is -2.08. The van der Waals surface area contributed by atoms with Gasteiger partial charge in [0.2, 0.25) is 0 Å². The average molecular weight is 292 g/mol. The molecule has 114 valence electrons. The number of hydrogen-bond donors (Lipinski definition) is 1. The molecule has 0 aromatic heterocycles. The van der Waals surface area contributed by atoms with Gasteiger partial charge in [0.25, 0.3) is 0 Å². The van der Waals surface area contributed by atoms with Gasteiger partial charge in [-0.25, -0.2) is 9.59 Å². The normalized spacial score (nSPS) is 16.7. The minimum Gasteiger partial charge on any atom is -0.480 e. The molecule has 0 saturated carbocycles. The van der Waals surface area contributed by atoms with E-state index in [4.69, 9.17) is 4.74 Å². The molecule has 0 spiro atoms. The summed E-state index contributed by atoms with van der Waals surface area (Å²) in [5.41, 5.74) is 1.56. The second-order valence-corrected chi connectivity index (χ2v) is 4.96. The van der Waals surface area contributed by atoms with E-state index in [-0.39, 0.29) is 6.03 Å².